The first kappa shape index (κ1) is 14.5. The number of anilines is 1. The van der Waals surface area contributed by atoms with Crippen LogP contribution in [0.2, 0.25) is 0 Å². The molecule has 2 aromatic carbocycles. The van der Waals surface area contributed by atoms with Crippen LogP contribution in [0.1, 0.15) is 11.1 Å². The molecule has 0 saturated carbocycles. The predicted octanol–water partition coefficient (Wildman–Crippen LogP) is 1.92. The zero-order chi connectivity index (χ0) is 15.9. The van der Waals surface area contributed by atoms with Crippen molar-refractivity contribution in [1.82, 2.24) is 5.32 Å². The molecule has 6 heteroatoms. The van der Waals surface area contributed by atoms with E-state index in [1.807, 2.05) is 24.3 Å². The highest BCUT2D eigenvalue weighted by atomic mass is 32.2. The summed E-state index contributed by atoms with van der Waals surface area (Å²) in [6, 6.07) is 12.8. The lowest BCUT2D eigenvalue weighted by Crippen LogP contribution is -2.34. The molecule has 0 aliphatic carbocycles. The summed E-state index contributed by atoms with van der Waals surface area (Å²) in [6.45, 7) is 2.35. The van der Waals surface area contributed by atoms with Crippen LogP contribution in [0.15, 0.2) is 47.4 Å². The fourth-order valence-electron chi connectivity index (χ4n) is 3.13. The molecular formula is C17H18N2O3S. The van der Waals surface area contributed by atoms with Crippen LogP contribution in [0.4, 0.5) is 5.69 Å². The lowest BCUT2D eigenvalue weighted by atomic mass is 10.2. The lowest BCUT2D eigenvalue weighted by Gasteiger charge is -2.24. The Balaban J connectivity index is 1.79. The smallest absolute Gasteiger partial charge is 0.264 e. The molecule has 5 nitrogen and oxygen atoms in total. The molecule has 2 aliphatic rings. The minimum Gasteiger partial charge on any atom is -0.493 e. The van der Waals surface area contributed by atoms with Crippen molar-refractivity contribution in [2.24, 2.45) is 0 Å². The van der Waals surface area contributed by atoms with Crippen molar-refractivity contribution in [3.05, 3.63) is 53.6 Å². The van der Waals surface area contributed by atoms with Crippen molar-refractivity contribution in [1.29, 1.82) is 0 Å². The van der Waals surface area contributed by atoms with Gasteiger partial charge < -0.3 is 10.1 Å². The molecule has 0 unspecified atom stereocenters. The Morgan fingerprint density at radius 2 is 1.96 bits per heavy atom. The van der Waals surface area contributed by atoms with Gasteiger partial charge in [0.05, 0.1) is 17.2 Å². The first-order chi connectivity index (χ1) is 11.2. The minimum absolute atomic E-state index is 0.332. The molecule has 0 saturated heterocycles. The third-order valence-corrected chi connectivity index (χ3v) is 6.13. The average Bonchev–Trinajstić information content (AvgIpc) is 2.92. The quantitative estimate of drug-likeness (QED) is 0.914. The maximum Gasteiger partial charge on any atom is 0.264 e. The zero-order valence-electron chi connectivity index (χ0n) is 12.7. The fourth-order valence-corrected chi connectivity index (χ4v) is 4.68. The average molecular weight is 330 g/mol. The summed E-state index contributed by atoms with van der Waals surface area (Å²) in [4.78, 5) is 0.332. The van der Waals surface area contributed by atoms with Gasteiger partial charge in [-0.3, -0.25) is 4.31 Å². The highest BCUT2D eigenvalue weighted by Gasteiger charge is 2.29. The third-order valence-electron chi connectivity index (χ3n) is 4.32. The van der Waals surface area contributed by atoms with Gasteiger partial charge in [-0.05, 0) is 35.4 Å². The van der Waals surface area contributed by atoms with E-state index >= 15 is 0 Å². The summed E-state index contributed by atoms with van der Waals surface area (Å²) in [7, 11) is -3.58. The standard InChI is InChI=1S/C17H18N2O3S/c20-23(21,15-5-6-17-13(11-15)7-10-22-17)19-9-8-18-12-14-3-1-2-4-16(14)19/h1-6,11,18H,7-10,12H2. The largest absolute Gasteiger partial charge is 0.493 e. The minimum atomic E-state index is -3.58. The fraction of sp³-hybridized carbons (Fsp3) is 0.294. The van der Waals surface area contributed by atoms with Crippen molar-refractivity contribution >= 4 is 15.7 Å². The van der Waals surface area contributed by atoms with E-state index in [1.54, 1.807) is 18.2 Å². The van der Waals surface area contributed by atoms with Crippen molar-refractivity contribution in [2.75, 3.05) is 24.0 Å². The van der Waals surface area contributed by atoms with Gasteiger partial charge in [0.15, 0.2) is 0 Å². The Morgan fingerprint density at radius 3 is 2.87 bits per heavy atom. The predicted molar refractivity (Wildman–Crippen MR) is 88.3 cm³/mol. The number of benzene rings is 2. The van der Waals surface area contributed by atoms with Gasteiger partial charge in [-0.1, -0.05) is 18.2 Å². The van der Waals surface area contributed by atoms with Gasteiger partial charge in [-0.2, -0.15) is 0 Å². The molecule has 4 rings (SSSR count). The number of hydrogen-bond donors (Lipinski definition) is 1. The van der Waals surface area contributed by atoms with Gasteiger partial charge in [-0.15, -0.1) is 0 Å². The molecule has 0 atom stereocenters. The monoisotopic (exact) mass is 330 g/mol. The number of nitrogens with one attached hydrogen (secondary N) is 1. The molecule has 0 amide bonds. The van der Waals surface area contributed by atoms with Gasteiger partial charge in [0.2, 0.25) is 0 Å². The zero-order valence-corrected chi connectivity index (χ0v) is 13.5. The number of fused-ring (bicyclic) bond motifs is 2. The summed E-state index contributed by atoms with van der Waals surface area (Å²) in [5, 5.41) is 3.27. The maximum atomic E-state index is 13.2. The first-order valence-electron chi connectivity index (χ1n) is 7.73. The second-order valence-corrected chi connectivity index (χ2v) is 7.61. The molecule has 2 heterocycles. The summed E-state index contributed by atoms with van der Waals surface area (Å²) in [5.74, 6) is 0.793. The van der Waals surface area contributed by atoms with Crippen LogP contribution in [-0.2, 0) is 23.0 Å². The highest BCUT2D eigenvalue weighted by Crippen LogP contribution is 2.32. The maximum absolute atomic E-state index is 13.2. The van der Waals surface area contributed by atoms with Crippen LogP contribution in [0.3, 0.4) is 0 Å². The van der Waals surface area contributed by atoms with Crippen LogP contribution >= 0.6 is 0 Å². The number of para-hydroxylation sites is 1. The van der Waals surface area contributed by atoms with E-state index in [2.05, 4.69) is 5.32 Å². The molecule has 0 spiro atoms. The van der Waals surface area contributed by atoms with E-state index < -0.39 is 10.0 Å². The van der Waals surface area contributed by atoms with Gasteiger partial charge >= 0.3 is 0 Å². The first-order valence-corrected chi connectivity index (χ1v) is 9.17. The molecular weight excluding hydrogens is 312 g/mol. The third kappa shape index (κ3) is 2.48. The molecule has 0 aromatic heterocycles. The van der Waals surface area contributed by atoms with Gasteiger partial charge in [0.1, 0.15) is 5.75 Å². The Hall–Kier alpha value is -2.05. The Labute approximate surface area is 135 Å². The molecule has 120 valence electrons. The summed E-state index contributed by atoms with van der Waals surface area (Å²) < 4.78 is 33.3. The van der Waals surface area contributed by atoms with E-state index in [1.165, 1.54) is 4.31 Å². The van der Waals surface area contributed by atoms with Crippen LogP contribution in [0.25, 0.3) is 0 Å². The van der Waals surface area contributed by atoms with Gasteiger partial charge in [0, 0.05) is 26.1 Å². The van der Waals surface area contributed by atoms with E-state index in [0.29, 0.717) is 31.1 Å². The highest BCUT2D eigenvalue weighted by molar-refractivity contribution is 7.92. The number of nitrogens with zero attached hydrogens (tertiary/aromatic N) is 1. The van der Waals surface area contributed by atoms with Crippen LogP contribution in [0.5, 0.6) is 5.75 Å². The van der Waals surface area contributed by atoms with Crippen molar-refractivity contribution in [3.63, 3.8) is 0 Å². The summed E-state index contributed by atoms with van der Waals surface area (Å²) in [5.41, 5.74) is 2.72. The summed E-state index contributed by atoms with van der Waals surface area (Å²) >= 11 is 0. The Kier molecular flexibility index (Phi) is 3.50. The van der Waals surface area contributed by atoms with Crippen molar-refractivity contribution in [2.45, 2.75) is 17.9 Å². The van der Waals surface area contributed by atoms with E-state index in [-0.39, 0.29) is 0 Å². The lowest BCUT2D eigenvalue weighted by molar-refractivity contribution is 0.356. The van der Waals surface area contributed by atoms with Gasteiger partial charge in [-0.25, -0.2) is 8.42 Å². The van der Waals surface area contributed by atoms with Crippen molar-refractivity contribution in [3.8, 4) is 5.75 Å². The molecule has 2 aromatic rings. The molecule has 2 aliphatic heterocycles. The Morgan fingerprint density at radius 1 is 1.09 bits per heavy atom. The molecule has 0 bridgehead atoms. The van der Waals surface area contributed by atoms with E-state index in [0.717, 1.165) is 29.0 Å². The van der Waals surface area contributed by atoms with Crippen LogP contribution < -0.4 is 14.4 Å². The second kappa shape index (κ2) is 5.54. The number of rotatable bonds is 2. The molecule has 1 N–H and O–H groups in total. The van der Waals surface area contributed by atoms with Crippen LogP contribution in [-0.4, -0.2) is 28.1 Å². The molecule has 23 heavy (non-hydrogen) atoms. The van der Waals surface area contributed by atoms with Gasteiger partial charge in [0.25, 0.3) is 10.0 Å². The number of hydrogen-bond acceptors (Lipinski definition) is 4. The number of sulfonamides is 1. The van der Waals surface area contributed by atoms with Crippen LogP contribution in [0, 0.1) is 0 Å². The number of ether oxygens (including phenoxy) is 1. The second-order valence-electron chi connectivity index (χ2n) is 5.75. The summed E-state index contributed by atoms with van der Waals surface area (Å²) in [6.07, 6.45) is 0.761. The Bertz CT molecular complexity index is 849. The van der Waals surface area contributed by atoms with Crippen molar-refractivity contribution < 1.29 is 13.2 Å². The SMILES string of the molecule is O=S(=O)(c1ccc2c(c1)CCO2)N1CCNCc2ccccc21. The topological polar surface area (TPSA) is 58.6 Å². The van der Waals surface area contributed by atoms with E-state index in [9.17, 15) is 8.42 Å². The molecule has 0 radical (unpaired) electrons. The molecule has 0 fully saturated rings. The normalized spacial score (nSPS) is 17.1. The van der Waals surface area contributed by atoms with E-state index in [4.69, 9.17) is 4.74 Å².